The van der Waals surface area contributed by atoms with E-state index in [-0.39, 0.29) is 28.7 Å². The molecule has 30 heavy (non-hydrogen) atoms. The van der Waals surface area contributed by atoms with E-state index in [1.165, 1.54) is 18.9 Å². The van der Waals surface area contributed by atoms with E-state index in [9.17, 15) is 13.2 Å². The minimum Gasteiger partial charge on any atom is -0.493 e. The molecule has 10 heteroatoms. The van der Waals surface area contributed by atoms with Gasteiger partial charge in [-0.05, 0) is 36.4 Å². The van der Waals surface area contributed by atoms with Crippen LogP contribution in [0.15, 0.2) is 47.5 Å². The van der Waals surface area contributed by atoms with Gasteiger partial charge in [0, 0.05) is 28.3 Å². The van der Waals surface area contributed by atoms with Gasteiger partial charge in [0.15, 0.2) is 26.5 Å². The van der Waals surface area contributed by atoms with Gasteiger partial charge in [0.2, 0.25) is 0 Å². The Bertz CT molecular complexity index is 1100. The summed E-state index contributed by atoms with van der Waals surface area (Å²) in [4.78, 5) is 17.0. The summed E-state index contributed by atoms with van der Waals surface area (Å²) in [5.74, 6) is 1.15. The maximum absolute atomic E-state index is 12.5. The molecule has 1 fully saturated rings. The molecule has 2 heterocycles. The zero-order valence-corrected chi connectivity index (χ0v) is 18.0. The van der Waals surface area contributed by atoms with Crippen molar-refractivity contribution in [3.63, 3.8) is 0 Å². The Hall–Kier alpha value is -2.72. The van der Waals surface area contributed by atoms with Crippen LogP contribution in [0.1, 0.15) is 10.4 Å². The molecule has 0 radical (unpaired) electrons. The number of fused-ring (bicyclic) bond motifs is 1. The third-order valence-corrected chi connectivity index (χ3v) is 8.00. The van der Waals surface area contributed by atoms with Gasteiger partial charge in [0.25, 0.3) is 5.91 Å². The van der Waals surface area contributed by atoms with Crippen LogP contribution >= 0.6 is 11.8 Å². The number of hydrogen-bond donors (Lipinski definition) is 2. The van der Waals surface area contributed by atoms with E-state index in [1.807, 2.05) is 0 Å². The van der Waals surface area contributed by atoms with Gasteiger partial charge in [-0.3, -0.25) is 9.79 Å². The highest BCUT2D eigenvalue weighted by molar-refractivity contribution is 8.15. The Kier molecular flexibility index (Phi) is 5.61. The molecule has 0 spiro atoms. The topological polar surface area (TPSA) is 106 Å². The second-order valence-corrected chi connectivity index (χ2v) is 10.3. The number of ether oxygens (including phenoxy) is 2. The molecule has 0 aromatic heterocycles. The van der Waals surface area contributed by atoms with E-state index in [0.29, 0.717) is 27.9 Å². The minimum atomic E-state index is -2.97. The van der Waals surface area contributed by atoms with Crippen molar-refractivity contribution in [3.8, 4) is 11.5 Å². The first-order chi connectivity index (χ1) is 14.4. The third-order valence-electron chi connectivity index (χ3n) is 4.86. The van der Waals surface area contributed by atoms with Crippen LogP contribution in [-0.2, 0) is 9.84 Å². The Morgan fingerprint density at radius 2 is 1.73 bits per heavy atom. The Balaban J connectivity index is 1.38. The molecule has 2 atom stereocenters. The van der Waals surface area contributed by atoms with E-state index in [2.05, 4.69) is 15.6 Å². The number of amides is 1. The molecule has 1 saturated heterocycles. The highest BCUT2D eigenvalue weighted by Crippen LogP contribution is 2.34. The molecule has 0 saturated carbocycles. The number of sulfone groups is 1. The lowest BCUT2D eigenvalue weighted by Crippen LogP contribution is -2.13. The van der Waals surface area contributed by atoms with Crippen molar-refractivity contribution in [2.45, 2.75) is 11.3 Å². The van der Waals surface area contributed by atoms with E-state index in [4.69, 9.17) is 9.47 Å². The highest BCUT2D eigenvalue weighted by atomic mass is 32.2. The van der Waals surface area contributed by atoms with E-state index >= 15 is 0 Å². The molecule has 158 valence electrons. The van der Waals surface area contributed by atoms with Crippen LogP contribution in [0.4, 0.5) is 11.4 Å². The van der Waals surface area contributed by atoms with Crippen molar-refractivity contribution < 1.29 is 22.7 Å². The lowest BCUT2D eigenvalue weighted by molar-refractivity contribution is 0.102. The van der Waals surface area contributed by atoms with Crippen LogP contribution in [0.5, 0.6) is 11.5 Å². The summed E-state index contributed by atoms with van der Waals surface area (Å²) in [5, 5.41) is 6.73. The molecule has 4 rings (SSSR count). The molecule has 2 aromatic rings. The van der Waals surface area contributed by atoms with Gasteiger partial charge in [0.1, 0.15) is 0 Å². The van der Waals surface area contributed by atoms with Crippen molar-refractivity contribution in [1.29, 1.82) is 0 Å². The van der Waals surface area contributed by atoms with E-state index < -0.39 is 9.84 Å². The van der Waals surface area contributed by atoms with Crippen LogP contribution in [0.25, 0.3) is 0 Å². The number of carbonyl (C=O) groups is 1. The monoisotopic (exact) mass is 447 g/mol. The van der Waals surface area contributed by atoms with Gasteiger partial charge in [-0.25, -0.2) is 8.42 Å². The Morgan fingerprint density at radius 3 is 2.40 bits per heavy atom. The van der Waals surface area contributed by atoms with Gasteiger partial charge >= 0.3 is 0 Å². The predicted molar refractivity (Wildman–Crippen MR) is 119 cm³/mol. The number of benzene rings is 2. The second-order valence-electron chi connectivity index (χ2n) is 6.96. The molecule has 2 aliphatic rings. The fraction of sp³-hybridized carbons (Fsp3) is 0.300. The number of thioether (sulfide) groups is 1. The quantitative estimate of drug-likeness (QED) is 0.726. The van der Waals surface area contributed by atoms with Crippen molar-refractivity contribution >= 4 is 44.0 Å². The molecule has 1 amide bonds. The van der Waals surface area contributed by atoms with E-state index in [0.717, 1.165) is 5.69 Å². The lowest BCUT2D eigenvalue weighted by Gasteiger charge is -2.11. The SMILES string of the molecule is COc1ccc(NC(=O)c2ccc(NC3=N[C@@H]4CS(=O)(=O)C[C@H]4S3)cc2)cc1OC. The predicted octanol–water partition coefficient (Wildman–Crippen LogP) is 2.64. The Labute approximate surface area is 179 Å². The van der Waals surface area contributed by atoms with Crippen LogP contribution < -0.4 is 20.1 Å². The largest absolute Gasteiger partial charge is 0.493 e. The molecule has 0 bridgehead atoms. The molecule has 0 aliphatic carbocycles. The first kappa shape index (κ1) is 20.5. The maximum Gasteiger partial charge on any atom is 0.255 e. The molecule has 2 aliphatic heterocycles. The van der Waals surface area contributed by atoms with Crippen molar-refractivity contribution in [1.82, 2.24) is 0 Å². The summed E-state index contributed by atoms with van der Waals surface area (Å²) >= 11 is 1.46. The van der Waals surface area contributed by atoms with Crippen molar-refractivity contribution in [3.05, 3.63) is 48.0 Å². The number of nitrogens with zero attached hydrogens (tertiary/aromatic N) is 1. The molecule has 2 N–H and O–H groups in total. The average Bonchev–Trinajstić information content (AvgIpc) is 3.20. The zero-order valence-electron chi connectivity index (χ0n) is 16.4. The average molecular weight is 448 g/mol. The van der Waals surface area contributed by atoms with Gasteiger partial charge < -0.3 is 20.1 Å². The van der Waals surface area contributed by atoms with Gasteiger partial charge in [-0.1, -0.05) is 11.8 Å². The number of carbonyl (C=O) groups excluding carboxylic acids is 1. The van der Waals surface area contributed by atoms with Crippen LogP contribution in [0.3, 0.4) is 0 Å². The molecular weight excluding hydrogens is 426 g/mol. The molecule has 8 nitrogen and oxygen atoms in total. The van der Waals surface area contributed by atoms with Crippen molar-refractivity contribution in [2.24, 2.45) is 4.99 Å². The minimum absolute atomic E-state index is 0.0101. The number of aliphatic imine (C=N–C) groups is 1. The summed E-state index contributed by atoms with van der Waals surface area (Å²) in [6.45, 7) is 0. The summed E-state index contributed by atoms with van der Waals surface area (Å²) in [6.07, 6.45) is 0. The fourth-order valence-electron chi connectivity index (χ4n) is 3.36. The van der Waals surface area contributed by atoms with Gasteiger partial charge in [0.05, 0.1) is 31.8 Å². The highest BCUT2D eigenvalue weighted by Gasteiger charge is 2.42. The summed E-state index contributed by atoms with van der Waals surface area (Å²) in [6, 6.07) is 12.0. The Morgan fingerprint density at radius 1 is 1.03 bits per heavy atom. The summed E-state index contributed by atoms with van der Waals surface area (Å²) in [7, 11) is 0.121. The smallest absolute Gasteiger partial charge is 0.255 e. The molecule has 2 aromatic carbocycles. The number of nitrogens with one attached hydrogen (secondary N) is 2. The number of anilines is 2. The summed E-state index contributed by atoms with van der Waals surface area (Å²) < 4.78 is 33.8. The van der Waals surface area contributed by atoms with Crippen molar-refractivity contribution in [2.75, 3.05) is 36.4 Å². The lowest BCUT2D eigenvalue weighted by atomic mass is 10.2. The molecular formula is C20H21N3O5S2. The van der Waals surface area contributed by atoms with E-state index in [1.54, 1.807) is 49.6 Å². The molecule has 0 unspecified atom stereocenters. The second kappa shape index (κ2) is 8.19. The first-order valence-corrected chi connectivity index (χ1v) is 11.9. The van der Waals surface area contributed by atoms with Gasteiger partial charge in [-0.15, -0.1) is 0 Å². The normalized spacial score (nSPS) is 21.5. The first-order valence-electron chi connectivity index (χ1n) is 9.22. The number of amidine groups is 1. The summed E-state index contributed by atoms with van der Waals surface area (Å²) in [5.41, 5.74) is 1.88. The fourth-order valence-corrected chi connectivity index (χ4v) is 7.04. The third kappa shape index (κ3) is 4.39. The number of methoxy groups -OCH3 is 2. The van der Waals surface area contributed by atoms with Gasteiger partial charge in [-0.2, -0.15) is 0 Å². The van der Waals surface area contributed by atoms with Crippen LogP contribution in [0.2, 0.25) is 0 Å². The number of hydrogen-bond acceptors (Lipinski definition) is 8. The number of rotatable bonds is 5. The standard InChI is InChI=1S/C20H21N3O5S2/c1-27-16-8-7-14(9-17(16)28-2)21-19(24)12-3-5-13(6-4-12)22-20-23-15-10-30(25,26)11-18(15)29-20/h3-9,15,18H,10-11H2,1-2H3,(H,21,24)(H,22,23)/t15-,18-/m1/s1. The zero-order chi connectivity index (χ0) is 21.3. The maximum atomic E-state index is 12.5. The van der Waals surface area contributed by atoms with Crippen LogP contribution in [0, 0.1) is 0 Å². The van der Waals surface area contributed by atoms with Crippen LogP contribution in [-0.4, -0.2) is 56.5 Å².